The molecular formula is C20H22N2O6S. The fourth-order valence-electron chi connectivity index (χ4n) is 2.43. The Kier molecular flexibility index (Phi) is 7.60. The van der Waals surface area contributed by atoms with Gasteiger partial charge in [0.2, 0.25) is 0 Å². The lowest BCUT2D eigenvalue weighted by molar-refractivity contribution is -0.384. The van der Waals surface area contributed by atoms with Gasteiger partial charge in [-0.15, -0.1) is 11.8 Å². The van der Waals surface area contributed by atoms with Gasteiger partial charge < -0.3 is 14.8 Å². The summed E-state index contributed by atoms with van der Waals surface area (Å²) in [5.74, 6) is -0.839. The van der Waals surface area contributed by atoms with Crippen molar-refractivity contribution in [1.82, 2.24) is 0 Å². The molecule has 1 amide bonds. The number of carbonyl (C=O) groups excluding carboxylic acids is 2. The molecule has 8 nitrogen and oxygen atoms in total. The second kappa shape index (κ2) is 9.92. The standard InChI is InChI=1S/C20H22N2O6S/c1-12-5-6-13(2)18(9-12)29-11-19(23)28-14(3)20(24)21-16-10-15(22(25)26)7-8-17(16)27-4/h5-10,14H,11H2,1-4H3,(H,21,24)/t14-/m1/s1. The van der Waals surface area contributed by atoms with Crippen molar-refractivity contribution >= 4 is 35.0 Å². The Hall–Kier alpha value is -3.07. The maximum absolute atomic E-state index is 12.3. The third-order valence-corrected chi connectivity index (χ3v) is 5.15. The van der Waals surface area contributed by atoms with Gasteiger partial charge in [-0.3, -0.25) is 19.7 Å². The first kappa shape index (κ1) is 22.2. The molecule has 0 aliphatic heterocycles. The number of nitro benzene ring substituents is 1. The van der Waals surface area contributed by atoms with Gasteiger partial charge in [-0.05, 0) is 38.5 Å². The molecule has 2 rings (SSSR count). The van der Waals surface area contributed by atoms with Crippen LogP contribution in [0.1, 0.15) is 18.1 Å². The smallest absolute Gasteiger partial charge is 0.317 e. The highest BCUT2D eigenvalue weighted by molar-refractivity contribution is 8.00. The van der Waals surface area contributed by atoms with Crippen LogP contribution < -0.4 is 10.1 Å². The lowest BCUT2D eigenvalue weighted by Gasteiger charge is -2.15. The summed E-state index contributed by atoms with van der Waals surface area (Å²) in [6.45, 7) is 5.35. The minimum atomic E-state index is -1.08. The van der Waals surface area contributed by atoms with Crippen LogP contribution in [0, 0.1) is 24.0 Å². The molecule has 0 saturated heterocycles. The van der Waals surface area contributed by atoms with Gasteiger partial charge in [-0.25, -0.2) is 0 Å². The molecule has 0 unspecified atom stereocenters. The maximum atomic E-state index is 12.3. The maximum Gasteiger partial charge on any atom is 0.317 e. The van der Waals surface area contributed by atoms with E-state index < -0.39 is 22.9 Å². The summed E-state index contributed by atoms with van der Waals surface area (Å²) in [4.78, 5) is 35.8. The minimum Gasteiger partial charge on any atom is -0.495 e. The number of esters is 1. The minimum absolute atomic E-state index is 0.0576. The van der Waals surface area contributed by atoms with Crippen LogP contribution in [-0.2, 0) is 14.3 Å². The predicted octanol–water partition coefficient (Wildman–Crippen LogP) is 3.88. The molecule has 0 saturated carbocycles. The molecule has 1 N–H and O–H groups in total. The Morgan fingerprint density at radius 3 is 2.59 bits per heavy atom. The summed E-state index contributed by atoms with van der Waals surface area (Å²) in [6, 6.07) is 9.78. The summed E-state index contributed by atoms with van der Waals surface area (Å²) in [5.41, 5.74) is 2.07. The van der Waals surface area contributed by atoms with E-state index in [4.69, 9.17) is 9.47 Å². The van der Waals surface area contributed by atoms with E-state index in [1.54, 1.807) is 0 Å². The van der Waals surface area contributed by atoms with Gasteiger partial charge in [-0.2, -0.15) is 0 Å². The highest BCUT2D eigenvalue weighted by atomic mass is 32.2. The SMILES string of the molecule is COc1ccc([N+](=O)[O-])cc1NC(=O)[C@@H](C)OC(=O)CSc1cc(C)ccc1C. The number of nitro groups is 1. The molecule has 1 atom stereocenters. The van der Waals surface area contributed by atoms with Crippen molar-refractivity contribution in [2.24, 2.45) is 0 Å². The van der Waals surface area contributed by atoms with Gasteiger partial charge in [0.25, 0.3) is 11.6 Å². The number of rotatable bonds is 8. The molecule has 154 valence electrons. The summed E-state index contributed by atoms with van der Waals surface area (Å²) in [7, 11) is 1.38. The van der Waals surface area contributed by atoms with E-state index in [9.17, 15) is 19.7 Å². The van der Waals surface area contributed by atoms with Gasteiger partial charge in [-0.1, -0.05) is 17.7 Å². The van der Waals surface area contributed by atoms with Crippen molar-refractivity contribution in [3.05, 3.63) is 57.6 Å². The molecule has 29 heavy (non-hydrogen) atoms. The molecule has 0 spiro atoms. The Morgan fingerprint density at radius 1 is 1.21 bits per heavy atom. The highest BCUT2D eigenvalue weighted by Crippen LogP contribution is 2.29. The van der Waals surface area contributed by atoms with Crippen molar-refractivity contribution < 1.29 is 24.0 Å². The van der Waals surface area contributed by atoms with E-state index >= 15 is 0 Å². The van der Waals surface area contributed by atoms with Crippen LogP contribution >= 0.6 is 11.8 Å². The van der Waals surface area contributed by atoms with E-state index in [0.717, 1.165) is 16.0 Å². The predicted molar refractivity (Wildman–Crippen MR) is 110 cm³/mol. The van der Waals surface area contributed by atoms with Gasteiger partial charge >= 0.3 is 5.97 Å². The van der Waals surface area contributed by atoms with Crippen LogP contribution in [0.25, 0.3) is 0 Å². The van der Waals surface area contributed by atoms with Gasteiger partial charge in [0, 0.05) is 17.0 Å². The second-order valence-electron chi connectivity index (χ2n) is 6.32. The van der Waals surface area contributed by atoms with E-state index in [1.165, 1.54) is 44.0 Å². The van der Waals surface area contributed by atoms with E-state index in [2.05, 4.69) is 5.32 Å². The molecule has 9 heteroatoms. The van der Waals surface area contributed by atoms with Crippen LogP contribution in [0.5, 0.6) is 5.75 Å². The zero-order chi connectivity index (χ0) is 21.6. The number of thioether (sulfide) groups is 1. The molecule has 2 aromatic rings. The third-order valence-electron chi connectivity index (χ3n) is 4.02. The molecular weight excluding hydrogens is 396 g/mol. The largest absolute Gasteiger partial charge is 0.495 e. The number of aryl methyl sites for hydroxylation is 2. The monoisotopic (exact) mass is 418 g/mol. The zero-order valence-corrected chi connectivity index (χ0v) is 17.4. The van der Waals surface area contributed by atoms with E-state index in [0.29, 0.717) is 0 Å². The molecule has 0 aliphatic rings. The molecule has 0 aromatic heterocycles. The van der Waals surface area contributed by atoms with Gasteiger partial charge in [0.05, 0.1) is 23.5 Å². The molecule has 0 aliphatic carbocycles. The lowest BCUT2D eigenvalue weighted by Crippen LogP contribution is -2.30. The first-order valence-corrected chi connectivity index (χ1v) is 9.72. The fourth-order valence-corrected chi connectivity index (χ4v) is 3.33. The van der Waals surface area contributed by atoms with Crippen molar-refractivity contribution in [2.75, 3.05) is 18.2 Å². The number of hydrogen-bond acceptors (Lipinski definition) is 7. The average molecular weight is 418 g/mol. The van der Waals surface area contributed by atoms with Crippen molar-refractivity contribution in [1.29, 1.82) is 0 Å². The lowest BCUT2D eigenvalue weighted by atomic mass is 10.2. The Balaban J connectivity index is 1.96. The molecule has 2 aromatic carbocycles. The van der Waals surface area contributed by atoms with E-state index in [1.807, 2.05) is 32.0 Å². The number of methoxy groups -OCH3 is 1. The van der Waals surface area contributed by atoms with Crippen LogP contribution in [0.2, 0.25) is 0 Å². The van der Waals surface area contributed by atoms with Crippen LogP contribution in [0.3, 0.4) is 0 Å². The fraction of sp³-hybridized carbons (Fsp3) is 0.300. The van der Waals surface area contributed by atoms with Gasteiger partial charge in [0.1, 0.15) is 5.75 Å². The molecule has 0 radical (unpaired) electrons. The number of nitrogens with zero attached hydrogens (tertiary/aromatic N) is 1. The number of anilines is 1. The number of non-ortho nitro benzene ring substituents is 1. The first-order chi connectivity index (χ1) is 13.7. The quantitative estimate of drug-likeness (QED) is 0.300. The van der Waals surface area contributed by atoms with E-state index in [-0.39, 0.29) is 22.9 Å². The number of nitrogens with one attached hydrogen (secondary N) is 1. The second-order valence-corrected chi connectivity index (χ2v) is 7.34. The highest BCUT2D eigenvalue weighted by Gasteiger charge is 2.21. The normalized spacial score (nSPS) is 11.4. The third kappa shape index (κ3) is 6.21. The average Bonchev–Trinajstić information content (AvgIpc) is 2.68. The topological polar surface area (TPSA) is 108 Å². The van der Waals surface area contributed by atoms with Crippen LogP contribution in [-0.4, -0.2) is 35.8 Å². The van der Waals surface area contributed by atoms with Crippen LogP contribution in [0.15, 0.2) is 41.3 Å². The number of amides is 1. The van der Waals surface area contributed by atoms with Crippen molar-refractivity contribution in [3.63, 3.8) is 0 Å². The zero-order valence-electron chi connectivity index (χ0n) is 16.6. The number of hydrogen-bond donors (Lipinski definition) is 1. The first-order valence-electron chi connectivity index (χ1n) is 8.74. The number of ether oxygens (including phenoxy) is 2. The summed E-state index contributed by atoms with van der Waals surface area (Å²) >= 11 is 1.34. The number of carbonyl (C=O) groups is 2. The van der Waals surface area contributed by atoms with Crippen molar-refractivity contribution in [2.45, 2.75) is 31.8 Å². The Labute approximate surface area is 172 Å². The summed E-state index contributed by atoms with van der Waals surface area (Å²) in [6.07, 6.45) is -1.08. The Bertz CT molecular complexity index is 931. The van der Waals surface area contributed by atoms with Crippen molar-refractivity contribution in [3.8, 4) is 5.75 Å². The molecule has 0 fully saturated rings. The number of benzene rings is 2. The summed E-state index contributed by atoms with van der Waals surface area (Å²) in [5, 5.41) is 13.4. The molecule has 0 bridgehead atoms. The Morgan fingerprint density at radius 2 is 1.93 bits per heavy atom. The van der Waals surface area contributed by atoms with Crippen LogP contribution in [0.4, 0.5) is 11.4 Å². The molecule has 0 heterocycles. The van der Waals surface area contributed by atoms with Gasteiger partial charge in [0.15, 0.2) is 6.10 Å². The summed E-state index contributed by atoms with van der Waals surface area (Å²) < 4.78 is 10.3.